The summed E-state index contributed by atoms with van der Waals surface area (Å²) in [5, 5.41) is 3.01. The van der Waals surface area contributed by atoms with Crippen LogP contribution >= 0.6 is 0 Å². The molecule has 12 heavy (non-hydrogen) atoms. The normalized spacial score (nSPS) is 9.58. The molecule has 1 aromatic carbocycles. The molecule has 0 aromatic heterocycles. The van der Waals surface area contributed by atoms with Gasteiger partial charge < -0.3 is 5.32 Å². The third-order valence-corrected chi connectivity index (χ3v) is 1.77. The highest BCUT2D eigenvalue weighted by molar-refractivity contribution is 5.95. The standard InChI is InChI=1S/C10H13NO/c1-7-4-9(8(2)12)6-10(5-7)11-3/h4-6,11H,1-3H3. The van der Waals surface area contributed by atoms with Crippen LogP contribution in [0.15, 0.2) is 18.2 Å². The first-order chi connectivity index (χ1) is 5.63. The van der Waals surface area contributed by atoms with Crippen molar-refractivity contribution in [1.29, 1.82) is 0 Å². The Hall–Kier alpha value is -1.31. The summed E-state index contributed by atoms with van der Waals surface area (Å²) in [6, 6.07) is 5.75. The summed E-state index contributed by atoms with van der Waals surface area (Å²) < 4.78 is 0. The Morgan fingerprint density at radius 3 is 2.50 bits per heavy atom. The van der Waals surface area contributed by atoms with Crippen LogP contribution in [-0.4, -0.2) is 12.8 Å². The lowest BCUT2D eigenvalue weighted by Gasteiger charge is -2.03. The zero-order chi connectivity index (χ0) is 9.14. The number of rotatable bonds is 2. The Morgan fingerprint density at radius 2 is 2.00 bits per heavy atom. The minimum atomic E-state index is 0.107. The maximum atomic E-state index is 11.0. The van der Waals surface area contributed by atoms with Gasteiger partial charge in [0.1, 0.15) is 0 Å². The number of anilines is 1. The molecule has 0 saturated carbocycles. The number of benzene rings is 1. The van der Waals surface area contributed by atoms with Gasteiger partial charge in [0, 0.05) is 18.3 Å². The van der Waals surface area contributed by atoms with Crippen molar-refractivity contribution >= 4 is 11.5 Å². The van der Waals surface area contributed by atoms with Gasteiger partial charge in [-0.2, -0.15) is 0 Å². The van der Waals surface area contributed by atoms with Gasteiger partial charge >= 0.3 is 0 Å². The molecule has 0 radical (unpaired) electrons. The first-order valence-corrected chi connectivity index (χ1v) is 3.94. The first-order valence-electron chi connectivity index (χ1n) is 3.94. The summed E-state index contributed by atoms with van der Waals surface area (Å²) in [5.74, 6) is 0.107. The summed E-state index contributed by atoms with van der Waals surface area (Å²) >= 11 is 0. The SMILES string of the molecule is CNc1cc(C)cc(C(C)=O)c1. The molecule has 0 aliphatic carbocycles. The van der Waals surface area contributed by atoms with Gasteiger partial charge in [0.05, 0.1) is 0 Å². The molecular weight excluding hydrogens is 150 g/mol. The third-order valence-electron chi connectivity index (χ3n) is 1.77. The number of hydrogen-bond donors (Lipinski definition) is 1. The van der Waals surface area contributed by atoms with Crippen LogP contribution in [0.2, 0.25) is 0 Å². The van der Waals surface area contributed by atoms with Gasteiger partial charge in [0.25, 0.3) is 0 Å². The van der Waals surface area contributed by atoms with Crippen LogP contribution in [0, 0.1) is 6.92 Å². The van der Waals surface area contributed by atoms with Crippen LogP contribution in [0.25, 0.3) is 0 Å². The second-order valence-corrected chi connectivity index (χ2v) is 2.89. The van der Waals surface area contributed by atoms with E-state index in [1.807, 2.05) is 32.2 Å². The second kappa shape index (κ2) is 3.39. The van der Waals surface area contributed by atoms with E-state index >= 15 is 0 Å². The minimum Gasteiger partial charge on any atom is -0.388 e. The number of carbonyl (C=O) groups is 1. The molecule has 1 aromatic rings. The summed E-state index contributed by atoms with van der Waals surface area (Å²) in [7, 11) is 1.85. The highest BCUT2D eigenvalue weighted by Crippen LogP contribution is 2.13. The molecule has 1 rings (SSSR count). The molecule has 64 valence electrons. The van der Waals surface area contributed by atoms with E-state index in [9.17, 15) is 4.79 Å². The van der Waals surface area contributed by atoms with E-state index in [1.165, 1.54) is 0 Å². The highest BCUT2D eigenvalue weighted by Gasteiger charge is 2.00. The fraction of sp³-hybridized carbons (Fsp3) is 0.300. The quantitative estimate of drug-likeness (QED) is 0.677. The third kappa shape index (κ3) is 1.84. The summed E-state index contributed by atoms with van der Waals surface area (Å²) in [6.45, 7) is 3.56. The number of Topliss-reactive ketones (excluding diaryl/α,β-unsaturated/α-hetero) is 1. The highest BCUT2D eigenvalue weighted by atomic mass is 16.1. The zero-order valence-corrected chi connectivity index (χ0v) is 7.64. The van der Waals surface area contributed by atoms with Gasteiger partial charge in [-0.3, -0.25) is 4.79 Å². The Labute approximate surface area is 72.6 Å². The van der Waals surface area contributed by atoms with Gasteiger partial charge in [-0.15, -0.1) is 0 Å². The Morgan fingerprint density at radius 1 is 1.33 bits per heavy atom. The first kappa shape index (κ1) is 8.78. The molecule has 0 unspecified atom stereocenters. The van der Waals surface area contributed by atoms with Crippen LogP contribution < -0.4 is 5.32 Å². The van der Waals surface area contributed by atoms with Crippen molar-refractivity contribution in [2.24, 2.45) is 0 Å². The van der Waals surface area contributed by atoms with E-state index in [1.54, 1.807) is 6.92 Å². The lowest BCUT2D eigenvalue weighted by Crippen LogP contribution is -1.96. The van der Waals surface area contributed by atoms with Gasteiger partial charge in [0.2, 0.25) is 0 Å². The van der Waals surface area contributed by atoms with E-state index < -0.39 is 0 Å². The van der Waals surface area contributed by atoms with Crippen molar-refractivity contribution in [2.45, 2.75) is 13.8 Å². The predicted molar refractivity (Wildman–Crippen MR) is 50.7 cm³/mol. The van der Waals surface area contributed by atoms with E-state index in [2.05, 4.69) is 5.32 Å². The van der Waals surface area contributed by atoms with Crippen molar-refractivity contribution < 1.29 is 4.79 Å². The molecule has 0 amide bonds. The molecule has 0 heterocycles. The van der Waals surface area contributed by atoms with Gasteiger partial charge in [-0.05, 0) is 37.6 Å². The molecule has 0 saturated heterocycles. The Balaban J connectivity index is 3.15. The molecule has 0 atom stereocenters. The predicted octanol–water partition coefficient (Wildman–Crippen LogP) is 2.24. The van der Waals surface area contributed by atoms with Gasteiger partial charge in [0.15, 0.2) is 5.78 Å². The largest absolute Gasteiger partial charge is 0.388 e. The fourth-order valence-corrected chi connectivity index (χ4v) is 1.13. The van der Waals surface area contributed by atoms with E-state index in [-0.39, 0.29) is 5.78 Å². The molecule has 0 fully saturated rings. The van der Waals surface area contributed by atoms with Gasteiger partial charge in [-0.25, -0.2) is 0 Å². The number of hydrogen-bond acceptors (Lipinski definition) is 2. The van der Waals surface area contributed by atoms with Crippen molar-refractivity contribution in [3.8, 4) is 0 Å². The van der Waals surface area contributed by atoms with Crippen molar-refractivity contribution in [3.05, 3.63) is 29.3 Å². The fourth-order valence-electron chi connectivity index (χ4n) is 1.13. The second-order valence-electron chi connectivity index (χ2n) is 2.89. The molecule has 1 N–H and O–H groups in total. The van der Waals surface area contributed by atoms with Crippen LogP contribution in [0.5, 0.6) is 0 Å². The van der Waals surface area contributed by atoms with Crippen molar-refractivity contribution in [3.63, 3.8) is 0 Å². The lowest BCUT2D eigenvalue weighted by molar-refractivity contribution is 0.101. The van der Waals surface area contributed by atoms with E-state index in [0.717, 1.165) is 16.8 Å². The van der Waals surface area contributed by atoms with Crippen LogP contribution in [0.4, 0.5) is 5.69 Å². The van der Waals surface area contributed by atoms with Crippen molar-refractivity contribution in [2.75, 3.05) is 12.4 Å². The average molecular weight is 163 g/mol. The molecule has 0 aliphatic heterocycles. The summed E-state index contributed by atoms with van der Waals surface area (Å²) in [4.78, 5) is 11.0. The summed E-state index contributed by atoms with van der Waals surface area (Å²) in [6.07, 6.45) is 0. The maximum Gasteiger partial charge on any atom is 0.159 e. The van der Waals surface area contributed by atoms with Gasteiger partial charge in [-0.1, -0.05) is 0 Å². The summed E-state index contributed by atoms with van der Waals surface area (Å²) in [5.41, 5.74) is 2.85. The number of aryl methyl sites for hydroxylation is 1. The molecule has 0 spiro atoms. The number of nitrogens with one attached hydrogen (secondary N) is 1. The number of ketones is 1. The molecule has 2 heteroatoms. The molecule has 0 bridgehead atoms. The Kier molecular flexibility index (Phi) is 2.48. The van der Waals surface area contributed by atoms with Crippen LogP contribution in [0.1, 0.15) is 22.8 Å². The molecular formula is C10H13NO. The van der Waals surface area contributed by atoms with Crippen LogP contribution in [0.3, 0.4) is 0 Å². The topological polar surface area (TPSA) is 29.1 Å². The average Bonchev–Trinajstić information content (AvgIpc) is 2.03. The smallest absolute Gasteiger partial charge is 0.159 e. The van der Waals surface area contributed by atoms with Crippen molar-refractivity contribution in [1.82, 2.24) is 0 Å². The zero-order valence-electron chi connectivity index (χ0n) is 7.64. The van der Waals surface area contributed by atoms with Crippen LogP contribution in [-0.2, 0) is 0 Å². The maximum absolute atomic E-state index is 11.0. The minimum absolute atomic E-state index is 0.107. The van der Waals surface area contributed by atoms with E-state index in [0.29, 0.717) is 0 Å². The monoisotopic (exact) mass is 163 g/mol. The lowest BCUT2D eigenvalue weighted by atomic mass is 10.1. The number of carbonyl (C=O) groups excluding carboxylic acids is 1. The molecule has 0 aliphatic rings. The van der Waals surface area contributed by atoms with E-state index in [4.69, 9.17) is 0 Å². The Bertz CT molecular complexity index is 305. The molecule has 2 nitrogen and oxygen atoms in total.